The smallest absolute Gasteiger partial charge is 0.207 e. The van der Waals surface area contributed by atoms with Crippen molar-refractivity contribution in [1.82, 2.24) is 15.3 Å². The van der Waals surface area contributed by atoms with Gasteiger partial charge in [-0.1, -0.05) is 18.2 Å². The summed E-state index contributed by atoms with van der Waals surface area (Å²) < 4.78 is 25.7. The lowest BCUT2D eigenvalue weighted by Crippen LogP contribution is -2.26. The molecule has 1 aromatic heterocycles. The van der Waals surface area contributed by atoms with E-state index in [0.717, 1.165) is 17.0 Å². The van der Waals surface area contributed by atoms with Crippen LogP contribution < -0.4 is 20.5 Å². The second kappa shape index (κ2) is 9.98. The zero-order valence-corrected chi connectivity index (χ0v) is 17.3. The van der Waals surface area contributed by atoms with Crippen molar-refractivity contribution >= 4 is 11.6 Å². The molecule has 3 aromatic carbocycles. The van der Waals surface area contributed by atoms with Crippen LogP contribution in [0, 0.1) is 17.3 Å². The van der Waals surface area contributed by atoms with Crippen molar-refractivity contribution in [2.75, 3.05) is 0 Å². The number of imidazole rings is 1. The molecule has 0 aliphatic heterocycles. The number of nitriles is 1. The Kier molecular flexibility index (Phi) is 6.47. The van der Waals surface area contributed by atoms with Crippen molar-refractivity contribution in [3.63, 3.8) is 0 Å². The number of H-pyrrole nitrogens is 1. The third kappa shape index (κ3) is 5.65. The van der Waals surface area contributed by atoms with Gasteiger partial charge in [0.05, 0.1) is 11.9 Å². The number of ether oxygens (including phenoxy) is 2. The highest BCUT2D eigenvalue weighted by molar-refractivity contribution is 5.82. The second-order valence-electron chi connectivity index (χ2n) is 6.82. The van der Waals surface area contributed by atoms with Gasteiger partial charge in [-0.05, 0) is 54.1 Å². The Morgan fingerprint density at radius 2 is 1.82 bits per heavy atom. The first-order chi connectivity index (χ1) is 16.1. The highest BCUT2D eigenvalue weighted by atomic mass is 19.1. The zero-order chi connectivity index (χ0) is 23.0. The third-order valence-corrected chi connectivity index (χ3v) is 4.49. The molecule has 0 unspecified atom stereocenters. The predicted molar refractivity (Wildman–Crippen MR) is 121 cm³/mol. The van der Waals surface area contributed by atoms with Crippen LogP contribution in [0.1, 0.15) is 5.82 Å². The second-order valence-corrected chi connectivity index (χ2v) is 6.82. The first-order valence-corrected chi connectivity index (χ1v) is 9.89. The molecule has 0 saturated carbocycles. The molecule has 0 saturated heterocycles. The molecule has 4 rings (SSSR count). The fourth-order valence-corrected chi connectivity index (χ4v) is 2.95. The maximum Gasteiger partial charge on any atom is 0.207 e. The van der Waals surface area contributed by atoms with E-state index in [1.165, 1.54) is 12.1 Å². The summed E-state index contributed by atoms with van der Waals surface area (Å²) in [4.78, 5) is 11.4. The normalized spacial score (nSPS) is 11.0. The molecule has 0 spiro atoms. The number of guanidine groups is 1. The summed E-state index contributed by atoms with van der Waals surface area (Å²) in [5.74, 6) is 1.48. The minimum absolute atomic E-state index is 0.00996. The molecule has 33 heavy (non-hydrogen) atoms. The Morgan fingerprint density at radius 3 is 2.55 bits per heavy atom. The van der Waals surface area contributed by atoms with Crippen LogP contribution in [0.15, 0.2) is 84.0 Å². The van der Waals surface area contributed by atoms with Crippen molar-refractivity contribution in [1.29, 1.82) is 5.26 Å². The minimum atomic E-state index is -0.630. The highest BCUT2D eigenvalue weighted by Gasteiger charge is 2.08. The van der Waals surface area contributed by atoms with E-state index in [0.29, 0.717) is 23.9 Å². The van der Waals surface area contributed by atoms with E-state index in [1.807, 2.05) is 42.5 Å². The van der Waals surface area contributed by atoms with Gasteiger partial charge in [0.2, 0.25) is 5.96 Å². The van der Waals surface area contributed by atoms with Crippen molar-refractivity contribution in [2.45, 2.75) is 6.61 Å². The van der Waals surface area contributed by atoms with Crippen LogP contribution in [-0.2, 0) is 6.61 Å². The van der Waals surface area contributed by atoms with E-state index in [2.05, 4.69) is 20.3 Å². The highest BCUT2D eigenvalue weighted by Crippen LogP contribution is 2.28. The lowest BCUT2D eigenvalue weighted by atomic mass is 10.1. The first-order valence-electron chi connectivity index (χ1n) is 9.89. The van der Waals surface area contributed by atoms with Gasteiger partial charge in [-0.15, -0.1) is 0 Å². The minimum Gasteiger partial charge on any atom is -0.486 e. The molecule has 4 aromatic rings. The summed E-state index contributed by atoms with van der Waals surface area (Å²) in [6.07, 6.45) is 3.35. The Hall–Kier alpha value is -4.84. The number of hydrogen-bond donors (Lipinski definition) is 3. The van der Waals surface area contributed by atoms with E-state index in [4.69, 9.17) is 20.5 Å². The molecule has 0 fully saturated rings. The fourth-order valence-electron chi connectivity index (χ4n) is 2.95. The molecule has 8 nitrogen and oxygen atoms in total. The van der Waals surface area contributed by atoms with Crippen LogP contribution in [0.3, 0.4) is 0 Å². The van der Waals surface area contributed by atoms with Crippen LogP contribution >= 0.6 is 0 Å². The average Bonchev–Trinajstić information content (AvgIpc) is 3.30. The number of nitrogens with two attached hydrogens (primary N) is 1. The molecular formula is C24H19FN6O2. The average molecular weight is 442 g/mol. The summed E-state index contributed by atoms with van der Waals surface area (Å²) in [7, 11) is 0. The van der Waals surface area contributed by atoms with Crippen LogP contribution in [0.2, 0.25) is 0 Å². The van der Waals surface area contributed by atoms with Gasteiger partial charge >= 0.3 is 0 Å². The van der Waals surface area contributed by atoms with Crippen molar-refractivity contribution in [3.8, 4) is 34.7 Å². The maximum atomic E-state index is 14.2. The standard InChI is InChI=1S/C24H19FN6O2/c25-20-12-19(10-11-21(20)31-24(27)29-15-26)33-18-8-6-16(7-9-18)22-13-28-23(30-22)14-32-17-4-2-1-3-5-17/h1-13H,14H2,(H,28,30)(H3,27,29,31). The number of aliphatic imine (C=N–C) groups is 1. The maximum absolute atomic E-state index is 14.2. The van der Waals surface area contributed by atoms with E-state index < -0.39 is 5.82 Å². The number of hydrogen-bond acceptors (Lipinski definition) is 5. The topological polar surface area (TPSA) is 121 Å². The van der Waals surface area contributed by atoms with Gasteiger partial charge < -0.3 is 20.2 Å². The molecule has 1 heterocycles. The molecule has 0 aliphatic rings. The summed E-state index contributed by atoms with van der Waals surface area (Å²) in [5, 5.41) is 10.6. The summed E-state index contributed by atoms with van der Waals surface area (Å²) in [5.41, 5.74) is 7.20. The quantitative estimate of drug-likeness (QED) is 0.166. The molecule has 164 valence electrons. The number of nitrogens with zero attached hydrogens (tertiary/aromatic N) is 3. The van der Waals surface area contributed by atoms with Gasteiger partial charge in [0.25, 0.3) is 0 Å². The molecular weight excluding hydrogens is 423 g/mol. The molecule has 0 aliphatic carbocycles. The summed E-state index contributed by atoms with van der Waals surface area (Å²) in [6, 6.07) is 21.0. The molecule has 0 radical (unpaired) electrons. The van der Waals surface area contributed by atoms with Crippen molar-refractivity contribution < 1.29 is 13.9 Å². The van der Waals surface area contributed by atoms with E-state index in [-0.39, 0.29) is 11.6 Å². The van der Waals surface area contributed by atoms with Crippen molar-refractivity contribution in [2.24, 2.45) is 10.7 Å². The van der Waals surface area contributed by atoms with E-state index in [1.54, 1.807) is 30.6 Å². The Labute approximate surface area is 189 Å². The number of aromatic amines is 1. The van der Waals surface area contributed by atoms with Gasteiger partial charge in [0, 0.05) is 6.07 Å². The van der Waals surface area contributed by atoms with Crippen LogP contribution in [0.5, 0.6) is 17.2 Å². The predicted octanol–water partition coefficient (Wildman–Crippen LogP) is 4.60. The Bertz CT molecular complexity index is 1300. The number of para-hydroxylation sites is 1. The lowest BCUT2D eigenvalue weighted by Gasteiger charge is -2.08. The van der Waals surface area contributed by atoms with Gasteiger partial charge in [0.15, 0.2) is 12.0 Å². The van der Waals surface area contributed by atoms with Gasteiger partial charge in [-0.3, -0.25) is 5.32 Å². The Morgan fingerprint density at radius 1 is 1.06 bits per heavy atom. The lowest BCUT2D eigenvalue weighted by molar-refractivity contribution is 0.297. The number of aromatic nitrogens is 2. The number of rotatable bonds is 7. The zero-order valence-electron chi connectivity index (χ0n) is 17.3. The van der Waals surface area contributed by atoms with E-state index in [9.17, 15) is 4.39 Å². The Balaban J connectivity index is 1.39. The molecule has 4 N–H and O–H groups in total. The molecule has 0 atom stereocenters. The summed E-state index contributed by atoms with van der Waals surface area (Å²) >= 11 is 0. The number of halogens is 1. The molecule has 0 amide bonds. The van der Waals surface area contributed by atoms with Crippen LogP contribution in [0.4, 0.5) is 10.1 Å². The third-order valence-electron chi connectivity index (χ3n) is 4.49. The summed E-state index contributed by atoms with van der Waals surface area (Å²) in [6.45, 7) is 0.328. The first kappa shape index (κ1) is 21.4. The van der Waals surface area contributed by atoms with Gasteiger partial charge in [-0.25, -0.2) is 14.4 Å². The van der Waals surface area contributed by atoms with Gasteiger partial charge in [0.1, 0.15) is 35.4 Å². The van der Waals surface area contributed by atoms with E-state index >= 15 is 0 Å². The number of benzene rings is 3. The molecule has 0 bridgehead atoms. The monoisotopic (exact) mass is 442 g/mol. The fraction of sp³-hybridized carbons (Fsp3) is 0.0417. The van der Waals surface area contributed by atoms with Gasteiger partial charge in [-0.2, -0.15) is 5.26 Å². The van der Waals surface area contributed by atoms with Crippen LogP contribution in [-0.4, -0.2) is 15.9 Å². The van der Waals surface area contributed by atoms with Crippen molar-refractivity contribution in [3.05, 3.63) is 90.6 Å². The largest absolute Gasteiger partial charge is 0.486 e. The SMILES string of the molecule is N#CNC(N)=Nc1ccc(Oc2ccc(-c3cnc(COc4ccccc4)[nH]3)cc2)cc1F. The number of nitrogens with one attached hydrogen (secondary N) is 2. The molecule has 9 heteroatoms. The van der Waals surface area contributed by atoms with Crippen LogP contribution in [0.25, 0.3) is 11.3 Å².